The maximum absolute atomic E-state index is 8.43. The summed E-state index contributed by atoms with van der Waals surface area (Å²) in [4.78, 5) is 4.33. The van der Waals surface area contributed by atoms with Crippen LogP contribution in [0.25, 0.3) is 0 Å². The quantitative estimate of drug-likeness (QED) is 0.301. The zero-order valence-electron chi connectivity index (χ0n) is 10.1. The Labute approximate surface area is 102 Å². The standard InChI is InChI=1S/C10H23NO6/c11-17-10-9-16-8-7-15-6-5-14-4-3-13-2-1-12/h12H,1-11H2. The second kappa shape index (κ2) is 15.7. The van der Waals surface area contributed by atoms with Gasteiger partial charge in [-0.2, -0.15) is 0 Å². The van der Waals surface area contributed by atoms with Crippen molar-refractivity contribution in [3.05, 3.63) is 0 Å². The molecular weight excluding hydrogens is 230 g/mol. The van der Waals surface area contributed by atoms with Crippen molar-refractivity contribution >= 4 is 0 Å². The van der Waals surface area contributed by atoms with E-state index in [4.69, 9.17) is 30.0 Å². The average Bonchev–Trinajstić information content (AvgIpc) is 2.35. The summed E-state index contributed by atoms with van der Waals surface area (Å²) >= 11 is 0. The SMILES string of the molecule is NOCCOCCOCCOCCOCCO. The van der Waals surface area contributed by atoms with Gasteiger partial charge in [0.25, 0.3) is 0 Å². The van der Waals surface area contributed by atoms with E-state index in [2.05, 4.69) is 4.84 Å². The third-order valence-corrected chi connectivity index (χ3v) is 1.70. The van der Waals surface area contributed by atoms with Crippen LogP contribution in [0, 0.1) is 0 Å². The first-order valence-corrected chi connectivity index (χ1v) is 5.65. The van der Waals surface area contributed by atoms with Crippen molar-refractivity contribution < 1.29 is 28.9 Å². The summed E-state index contributed by atoms with van der Waals surface area (Å²) in [5.41, 5.74) is 0. The molecule has 0 fully saturated rings. The summed E-state index contributed by atoms with van der Waals surface area (Å²) in [6.07, 6.45) is 0. The fourth-order valence-corrected chi connectivity index (χ4v) is 0.933. The first-order chi connectivity index (χ1) is 8.41. The highest BCUT2D eigenvalue weighted by molar-refractivity contribution is 4.35. The Bertz CT molecular complexity index is 124. The minimum absolute atomic E-state index is 0.0400. The van der Waals surface area contributed by atoms with Crippen LogP contribution in [0.3, 0.4) is 0 Å². The molecule has 0 saturated heterocycles. The topological polar surface area (TPSA) is 92.4 Å². The molecule has 0 aliphatic carbocycles. The fourth-order valence-electron chi connectivity index (χ4n) is 0.933. The maximum Gasteiger partial charge on any atom is 0.0913 e. The number of rotatable bonds is 14. The Balaban J connectivity index is 2.85. The minimum atomic E-state index is 0.0400. The van der Waals surface area contributed by atoms with Crippen LogP contribution in [0.2, 0.25) is 0 Å². The predicted molar refractivity (Wildman–Crippen MR) is 60.5 cm³/mol. The third kappa shape index (κ3) is 15.7. The lowest BCUT2D eigenvalue weighted by molar-refractivity contribution is -0.0134. The van der Waals surface area contributed by atoms with Crippen molar-refractivity contribution in [3.8, 4) is 0 Å². The molecule has 0 unspecified atom stereocenters. The molecule has 3 N–H and O–H groups in total. The van der Waals surface area contributed by atoms with Crippen molar-refractivity contribution in [1.29, 1.82) is 0 Å². The van der Waals surface area contributed by atoms with E-state index < -0.39 is 0 Å². The molecular formula is C10H23NO6. The number of hydrogen-bond donors (Lipinski definition) is 2. The third-order valence-electron chi connectivity index (χ3n) is 1.70. The van der Waals surface area contributed by atoms with Crippen LogP contribution in [-0.4, -0.2) is 71.2 Å². The predicted octanol–water partition coefficient (Wildman–Crippen LogP) is -1.06. The van der Waals surface area contributed by atoms with Crippen LogP contribution in [0.15, 0.2) is 0 Å². The smallest absolute Gasteiger partial charge is 0.0913 e. The van der Waals surface area contributed by atoms with E-state index in [-0.39, 0.29) is 6.61 Å². The summed E-state index contributed by atoms with van der Waals surface area (Å²) in [6.45, 7) is 4.33. The lowest BCUT2D eigenvalue weighted by Crippen LogP contribution is -2.14. The van der Waals surface area contributed by atoms with Crippen LogP contribution in [0.1, 0.15) is 0 Å². The summed E-state index contributed by atoms with van der Waals surface area (Å²) in [6, 6.07) is 0. The van der Waals surface area contributed by atoms with E-state index in [1.807, 2.05) is 0 Å². The van der Waals surface area contributed by atoms with Gasteiger partial charge in [0.15, 0.2) is 0 Å². The van der Waals surface area contributed by atoms with Crippen LogP contribution in [0.5, 0.6) is 0 Å². The summed E-state index contributed by atoms with van der Waals surface area (Å²) < 4.78 is 20.6. The number of nitrogens with two attached hydrogens (primary N) is 1. The first kappa shape index (κ1) is 16.7. The van der Waals surface area contributed by atoms with Gasteiger partial charge in [-0.25, -0.2) is 5.90 Å². The van der Waals surface area contributed by atoms with Crippen molar-refractivity contribution in [3.63, 3.8) is 0 Å². The second-order valence-corrected chi connectivity index (χ2v) is 3.04. The van der Waals surface area contributed by atoms with Crippen molar-refractivity contribution in [1.82, 2.24) is 0 Å². The molecule has 17 heavy (non-hydrogen) atoms. The number of aliphatic hydroxyl groups is 1. The van der Waals surface area contributed by atoms with Gasteiger partial charge in [-0.1, -0.05) is 0 Å². The Hall–Kier alpha value is -0.280. The number of aliphatic hydroxyl groups excluding tert-OH is 1. The molecule has 0 aromatic rings. The Morgan fingerprint density at radius 2 is 0.941 bits per heavy atom. The highest BCUT2D eigenvalue weighted by atomic mass is 16.6. The normalized spacial score (nSPS) is 10.9. The van der Waals surface area contributed by atoms with Gasteiger partial charge in [-0.3, -0.25) is 0 Å². The molecule has 0 aromatic heterocycles. The molecule has 0 heterocycles. The largest absolute Gasteiger partial charge is 0.394 e. The van der Waals surface area contributed by atoms with Gasteiger partial charge in [0.2, 0.25) is 0 Å². The molecule has 0 aromatic carbocycles. The summed E-state index contributed by atoms with van der Waals surface area (Å²) in [5.74, 6) is 4.82. The molecule has 0 atom stereocenters. The van der Waals surface area contributed by atoms with Gasteiger partial charge in [-0.05, 0) is 0 Å². The molecule has 104 valence electrons. The zero-order chi connectivity index (χ0) is 12.6. The highest BCUT2D eigenvalue weighted by Gasteiger charge is 1.92. The number of hydrogen-bond acceptors (Lipinski definition) is 7. The van der Waals surface area contributed by atoms with E-state index in [9.17, 15) is 0 Å². The first-order valence-electron chi connectivity index (χ1n) is 5.65. The van der Waals surface area contributed by atoms with Gasteiger partial charge in [0.05, 0.1) is 66.1 Å². The van der Waals surface area contributed by atoms with Crippen molar-refractivity contribution in [2.45, 2.75) is 0 Å². The molecule has 0 bridgehead atoms. The van der Waals surface area contributed by atoms with E-state index in [0.717, 1.165) is 0 Å². The Morgan fingerprint density at radius 3 is 1.29 bits per heavy atom. The number of ether oxygens (including phenoxy) is 4. The van der Waals surface area contributed by atoms with Gasteiger partial charge in [0, 0.05) is 0 Å². The van der Waals surface area contributed by atoms with Crippen LogP contribution < -0.4 is 5.90 Å². The van der Waals surface area contributed by atoms with Gasteiger partial charge >= 0.3 is 0 Å². The Morgan fingerprint density at radius 1 is 0.588 bits per heavy atom. The molecule has 0 spiro atoms. The van der Waals surface area contributed by atoms with Gasteiger partial charge < -0.3 is 28.9 Å². The van der Waals surface area contributed by atoms with E-state index in [1.54, 1.807) is 0 Å². The second-order valence-electron chi connectivity index (χ2n) is 3.04. The molecule has 0 rings (SSSR count). The lowest BCUT2D eigenvalue weighted by atomic mass is 10.7. The maximum atomic E-state index is 8.43. The van der Waals surface area contributed by atoms with Crippen LogP contribution in [-0.2, 0) is 23.8 Å². The minimum Gasteiger partial charge on any atom is -0.394 e. The van der Waals surface area contributed by atoms with Gasteiger partial charge in [-0.15, -0.1) is 0 Å². The van der Waals surface area contributed by atoms with Crippen LogP contribution in [0.4, 0.5) is 0 Å². The molecule has 0 aliphatic heterocycles. The van der Waals surface area contributed by atoms with Gasteiger partial charge in [0.1, 0.15) is 0 Å². The van der Waals surface area contributed by atoms with E-state index >= 15 is 0 Å². The highest BCUT2D eigenvalue weighted by Crippen LogP contribution is 1.82. The van der Waals surface area contributed by atoms with Crippen LogP contribution >= 0.6 is 0 Å². The van der Waals surface area contributed by atoms with Crippen molar-refractivity contribution in [2.24, 2.45) is 5.90 Å². The Kier molecular flexibility index (Phi) is 15.5. The molecule has 7 heteroatoms. The summed E-state index contributed by atoms with van der Waals surface area (Å²) in [5, 5.41) is 8.43. The molecule has 0 aliphatic rings. The summed E-state index contributed by atoms with van der Waals surface area (Å²) in [7, 11) is 0. The van der Waals surface area contributed by atoms with Crippen molar-refractivity contribution in [2.75, 3.05) is 66.1 Å². The molecule has 0 radical (unpaired) electrons. The molecule has 7 nitrogen and oxygen atoms in total. The monoisotopic (exact) mass is 253 g/mol. The fraction of sp³-hybridized carbons (Fsp3) is 1.00. The molecule has 0 saturated carbocycles. The lowest BCUT2D eigenvalue weighted by Gasteiger charge is -2.06. The molecule has 0 amide bonds. The van der Waals surface area contributed by atoms with E-state index in [1.165, 1.54) is 0 Å². The average molecular weight is 253 g/mol. The van der Waals surface area contributed by atoms with E-state index in [0.29, 0.717) is 59.5 Å². The zero-order valence-corrected chi connectivity index (χ0v) is 10.1.